The fraction of sp³-hybridized carbons (Fsp3) is 0.263. The quantitative estimate of drug-likeness (QED) is 0.786. The lowest BCUT2D eigenvalue weighted by Crippen LogP contribution is -2.30. The van der Waals surface area contributed by atoms with E-state index in [1.54, 1.807) is 0 Å². The van der Waals surface area contributed by atoms with Crippen molar-refractivity contribution in [1.82, 2.24) is 5.32 Å². The molecule has 0 saturated heterocycles. The number of hydrogen-bond acceptors (Lipinski definition) is 5. The maximum Gasteiger partial charge on any atom is 0.338 e. The molecule has 2 aromatic rings. The van der Waals surface area contributed by atoms with E-state index in [1.807, 2.05) is 31.2 Å². The molecule has 0 saturated carbocycles. The van der Waals surface area contributed by atoms with E-state index in [2.05, 4.69) is 5.32 Å². The Kier molecular flexibility index (Phi) is 5.63. The first-order valence-electron chi connectivity index (χ1n) is 8.12. The largest absolute Gasteiger partial charge is 0.454 e. The normalized spacial score (nSPS) is 11.9. The number of nitrogens with one attached hydrogen (secondary N) is 1. The van der Waals surface area contributed by atoms with E-state index in [-0.39, 0.29) is 29.9 Å². The highest BCUT2D eigenvalue weighted by atomic mass is 35.5. The summed E-state index contributed by atoms with van der Waals surface area (Å²) in [6.07, 6.45) is 0.712. The molecule has 0 radical (unpaired) electrons. The average molecular weight is 376 g/mol. The molecule has 136 valence electrons. The number of fused-ring (bicyclic) bond motifs is 1. The molecule has 0 unspecified atom stereocenters. The summed E-state index contributed by atoms with van der Waals surface area (Å²) in [5, 5.41) is 2.99. The minimum absolute atomic E-state index is 0.0524. The summed E-state index contributed by atoms with van der Waals surface area (Å²) in [5.74, 6) is -0.234. The van der Waals surface area contributed by atoms with Gasteiger partial charge in [0.05, 0.1) is 10.6 Å². The van der Waals surface area contributed by atoms with Crippen LogP contribution in [0.3, 0.4) is 0 Å². The molecular weight excluding hydrogens is 358 g/mol. The van der Waals surface area contributed by atoms with E-state index in [1.165, 1.54) is 23.3 Å². The predicted octanol–water partition coefficient (Wildman–Crippen LogP) is 2.89. The van der Waals surface area contributed by atoms with Crippen LogP contribution in [0.15, 0.2) is 36.4 Å². The first kappa shape index (κ1) is 18.1. The lowest BCUT2D eigenvalue weighted by Gasteiger charge is -2.09. The first-order valence-corrected chi connectivity index (χ1v) is 8.50. The monoisotopic (exact) mass is 375 g/mol. The maximum absolute atomic E-state index is 12.1. The third-order valence-corrected chi connectivity index (χ3v) is 4.26. The second-order valence-electron chi connectivity index (χ2n) is 5.79. The van der Waals surface area contributed by atoms with Gasteiger partial charge in [-0.2, -0.15) is 0 Å². The molecular formula is C19H18ClNO5. The molecule has 1 amide bonds. The summed E-state index contributed by atoms with van der Waals surface area (Å²) >= 11 is 6.03. The highest BCUT2D eigenvalue weighted by molar-refractivity contribution is 6.32. The van der Waals surface area contributed by atoms with Crippen LogP contribution in [0.2, 0.25) is 5.02 Å². The number of hydrogen-bond donors (Lipinski definition) is 1. The summed E-state index contributed by atoms with van der Waals surface area (Å²) in [6.45, 7) is 2.18. The van der Waals surface area contributed by atoms with Crippen LogP contribution in [0.1, 0.15) is 21.5 Å². The number of benzene rings is 2. The fourth-order valence-electron chi connectivity index (χ4n) is 2.58. The Balaban J connectivity index is 1.46. The van der Waals surface area contributed by atoms with Crippen LogP contribution in [0, 0.1) is 6.92 Å². The molecule has 1 aliphatic heterocycles. The molecule has 7 heteroatoms. The van der Waals surface area contributed by atoms with Crippen molar-refractivity contribution in [3.05, 3.63) is 58.1 Å². The number of aryl methyl sites for hydroxylation is 1. The third kappa shape index (κ3) is 4.26. The SMILES string of the molecule is Cc1ccccc1CCNC(=O)COC(=O)c1cc(Cl)c2c(c1)OCO2. The number of rotatable bonds is 6. The molecule has 0 bridgehead atoms. The van der Waals surface area contributed by atoms with Crippen LogP contribution in [0.5, 0.6) is 11.5 Å². The number of halogens is 1. The van der Waals surface area contributed by atoms with Crippen molar-refractivity contribution in [2.24, 2.45) is 0 Å². The zero-order chi connectivity index (χ0) is 18.5. The van der Waals surface area contributed by atoms with Crippen LogP contribution in [-0.2, 0) is 16.0 Å². The minimum Gasteiger partial charge on any atom is -0.454 e. The molecule has 0 aliphatic carbocycles. The lowest BCUT2D eigenvalue weighted by atomic mass is 10.1. The number of amides is 1. The third-order valence-electron chi connectivity index (χ3n) is 3.98. The number of carbonyl (C=O) groups excluding carboxylic acids is 2. The Morgan fingerprint density at radius 2 is 2.04 bits per heavy atom. The molecule has 2 aromatic carbocycles. The standard InChI is InChI=1S/C19H18ClNO5/c1-12-4-2-3-5-13(12)6-7-21-17(22)10-24-19(23)14-8-15(20)18-16(9-14)25-11-26-18/h2-5,8-9H,6-7,10-11H2,1H3,(H,21,22). The Morgan fingerprint density at radius 3 is 2.85 bits per heavy atom. The van der Waals surface area contributed by atoms with E-state index < -0.39 is 5.97 Å². The van der Waals surface area contributed by atoms with Crippen molar-refractivity contribution in [3.8, 4) is 11.5 Å². The number of ether oxygens (including phenoxy) is 3. The zero-order valence-electron chi connectivity index (χ0n) is 14.2. The van der Waals surface area contributed by atoms with Crippen molar-refractivity contribution >= 4 is 23.5 Å². The van der Waals surface area contributed by atoms with Crippen molar-refractivity contribution in [2.75, 3.05) is 19.9 Å². The van der Waals surface area contributed by atoms with Gasteiger partial charge in [0.2, 0.25) is 6.79 Å². The van der Waals surface area contributed by atoms with Gasteiger partial charge < -0.3 is 19.5 Å². The zero-order valence-corrected chi connectivity index (χ0v) is 15.0. The van der Waals surface area contributed by atoms with Crippen molar-refractivity contribution in [2.45, 2.75) is 13.3 Å². The van der Waals surface area contributed by atoms with Crippen LogP contribution in [-0.4, -0.2) is 31.8 Å². The van der Waals surface area contributed by atoms with E-state index in [0.717, 1.165) is 0 Å². The molecule has 3 rings (SSSR count). The van der Waals surface area contributed by atoms with Gasteiger partial charge >= 0.3 is 5.97 Å². The van der Waals surface area contributed by atoms with Crippen molar-refractivity contribution < 1.29 is 23.8 Å². The van der Waals surface area contributed by atoms with Crippen molar-refractivity contribution in [3.63, 3.8) is 0 Å². The predicted molar refractivity (Wildman–Crippen MR) is 95.8 cm³/mol. The van der Waals surface area contributed by atoms with Gasteiger partial charge in [-0.1, -0.05) is 35.9 Å². The molecule has 0 atom stereocenters. The summed E-state index contributed by atoms with van der Waals surface area (Å²) in [7, 11) is 0. The molecule has 0 fully saturated rings. The average Bonchev–Trinajstić information content (AvgIpc) is 3.10. The van der Waals surface area contributed by atoms with Crippen LogP contribution >= 0.6 is 11.6 Å². The van der Waals surface area contributed by atoms with Gasteiger partial charge in [-0.25, -0.2) is 4.79 Å². The van der Waals surface area contributed by atoms with Crippen molar-refractivity contribution in [1.29, 1.82) is 0 Å². The molecule has 6 nitrogen and oxygen atoms in total. The van der Waals surface area contributed by atoms with Gasteiger partial charge in [-0.15, -0.1) is 0 Å². The minimum atomic E-state index is -0.653. The van der Waals surface area contributed by atoms with E-state index >= 15 is 0 Å². The molecule has 1 N–H and O–H groups in total. The summed E-state index contributed by atoms with van der Waals surface area (Å²) in [4.78, 5) is 23.9. The summed E-state index contributed by atoms with van der Waals surface area (Å²) < 4.78 is 15.4. The van der Waals surface area contributed by atoms with Gasteiger partial charge in [-0.3, -0.25) is 4.79 Å². The molecule has 1 heterocycles. The molecule has 1 aliphatic rings. The Bertz CT molecular complexity index is 837. The summed E-state index contributed by atoms with van der Waals surface area (Å²) in [6, 6.07) is 10.9. The number of esters is 1. The fourth-order valence-corrected chi connectivity index (χ4v) is 2.84. The smallest absolute Gasteiger partial charge is 0.338 e. The van der Waals surface area contributed by atoms with Gasteiger partial charge in [0, 0.05) is 6.54 Å². The lowest BCUT2D eigenvalue weighted by molar-refractivity contribution is -0.124. The van der Waals surface area contributed by atoms with Crippen LogP contribution < -0.4 is 14.8 Å². The van der Waals surface area contributed by atoms with Crippen LogP contribution in [0.25, 0.3) is 0 Å². The molecule has 0 aromatic heterocycles. The first-order chi connectivity index (χ1) is 12.5. The van der Waals surface area contributed by atoms with Gasteiger partial charge in [0.15, 0.2) is 18.1 Å². The number of carbonyl (C=O) groups is 2. The Morgan fingerprint density at radius 1 is 1.23 bits per heavy atom. The Labute approximate surface area is 156 Å². The topological polar surface area (TPSA) is 73.9 Å². The van der Waals surface area contributed by atoms with Gasteiger partial charge in [-0.05, 0) is 36.6 Å². The second-order valence-corrected chi connectivity index (χ2v) is 6.20. The van der Waals surface area contributed by atoms with Gasteiger partial charge in [0.25, 0.3) is 5.91 Å². The van der Waals surface area contributed by atoms with E-state index in [4.69, 9.17) is 25.8 Å². The summed E-state index contributed by atoms with van der Waals surface area (Å²) in [5.41, 5.74) is 2.54. The molecule has 26 heavy (non-hydrogen) atoms. The second kappa shape index (κ2) is 8.10. The maximum atomic E-state index is 12.1. The highest BCUT2D eigenvalue weighted by Gasteiger charge is 2.21. The van der Waals surface area contributed by atoms with E-state index in [0.29, 0.717) is 24.5 Å². The van der Waals surface area contributed by atoms with Crippen LogP contribution in [0.4, 0.5) is 0 Å². The van der Waals surface area contributed by atoms with Gasteiger partial charge in [0.1, 0.15) is 0 Å². The Hall–Kier alpha value is -2.73. The molecule has 0 spiro atoms. The highest BCUT2D eigenvalue weighted by Crippen LogP contribution is 2.39. The van der Waals surface area contributed by atoms with E-state index in [9.17, 15) is 9.59 Å².